The molecule has 1 aromatic carbocycles. The van der Waals surface area contributed by atoms with Crippen molar-refractivity contribution in [3.05, 3.63) is 46.8 Å². The Morgan fingerprint density at radius 2 is 2.08 bits per heavy atom. The number of fused-ring (bicyclic) bond motifs is 1. The predicted molar refractivity (Wildman–Crippen MR) is 96.7 cm³/mol. The third-order valence-corrected chi connectivity index (χ3v) is 5.36. The van der Waals surface area contributed by atoms with Crippen LogP contribution in [0.2, 0.25) is 0 Å². The van der Waals surface area contributed by atoms with E-state index in [9.17, 15) is 9.90 Å². The fourth-order valence-corrected chi connectivity index (χ4v) is 3.63. The molecule has 26 heavy (non-hydrogen) atoms. The SMILES string of the molecule is COc1ccc(CC(=O)N2CCc3c(c(CO)nn3CC3CC3)C2)cc1. The third kappa shape index (κ3) is 3.46. The van der Waals surface area contributed by atoms with Crippen molar-refractivity contribution in [2.45, 2.75) is 45.4 Å². The van der Waals surface area contributed by atoms with Crippen LogP contribution in [0.3, 0.4) is 0 Å². The molecule has 0 atom stereocenters. The molecule has 1 aromatic heterocycles. The van der Waals surface area contributed by atoms with E-state index in [0.717, 1.165) is 41.5 Å². The molecule has 1 aliphatic heterocycles. The topological polar surface area (TPSA) is 67.6 Å². The van der Waals surface area contributed by atoms with Gasteiger partial charge in [0.25, 0.3) is 0 Å². The Kier molecular flexibility index (Phi) is 4.68. The fraction of sp³-hybridized carbons (Fsp3) is 0.500. The molecule has 2 heterocycles. The number of rotatable bonds is 6. The van der Waals surface area contributed by atoms with Crippen LogP contribution in [0.1, 0.15) is 35.4 Å². The van der Waals surface area contributed by atoms with E-state index in [0.29, 0.717) is 19.5 Å². The van der Waals surface area contributed by atoms with Gasteiger partial charge in [0.15, 0.2) is 0 Å². The molecule has 6 heteroatoms. The molecule has 2 aromatic rings. The van der Waals surface area contributed by atoms with Gasteiger partial charge in [-0.3, -0.25) is 9.48 Å². The maximum absolute atomic E-state index is 12.7. The molecule has 0 radical (unpaired) electrons. The van der Waals surface area contributed by atoms with Crippen molar-refractivity contribution >= 4 is 5.91 Å². The normalized spacial score (nSPS) is 16.5. The van der Waals surface area contributed by atoms with Crippen LogP contribution < -0.4 is 4.74 Å². The van der Waals surface area contributed by atoms with Crippen LogP contribution in [-0.2, 0) is 37.3 Å². The summed E-state index contributed by atoms with van der Waals surface area (Å²) in [5.74, 6) is 1.64. The molecule has 1 saturated carbocycles. The number of hydrogen-bond donors (Lipinski definition) is 1. The Balaban J connectivity index is 1.46. The second-order valence-electron chi connectivity index (χ2n) is 7.25. The summed E-state index contributed by atoms with van der Waals surface area (Å²) in [7, 11) is 1.63. The molecule has 0 saturated heterocycles. The quantitative estimate of drug-likeness (QED) is 0.860. The van der Waals surface area contributed by atoms with Gasteiger partial charge in [0.1, 0.15) is 5.75 Å². The zero-order chi connectivity index (χ0) is 18.1. The summed E-state index contributed by atoms with van der Waals surface area (Å²) in [5.41, 5.74) is 3.95. The van der Waals surface area contributed by atoms with Gasteiger partial charge in [0.2, 0.25) is 5.91 Å². The lowest BCUT2D eigenvalue weighted by molar-refractivity contribution is -0.131. The highest BCUT2D eigenvalue weighted by atomic mass is 16.5. The third-order valence-electron chi connectivity index (χ3n) is 5.36. The molecular weight excluding hydrogens is 330 g/mol. The van der Waals surface area contributed by atoms with Gasteiger partial charge in [0.05, 0.1) is 25.8 Å². The standard InChI is InChI=1S/C20H25N3O3/c1-26-16-6-4-14(5-7-16)10-20(25)22-9-8-19-17(12-22)18(13-24)21-23(19)11-15-2-3-15/h4-7,15,24H,2-3,8-13H2,1H3. The second-order valence-corrected chi connectivity index (χ2v) is 7.25. The Bertz CT molecular complexity index is 793. The van der Waals surface area contributed by atoms with Crippen LogP contribution in [0.5, 0.6) is 5.75 Å². The molecule has 1 N–H and O–H groups in total. The van der Waals surface area contributed by atoms with Crippen LogP contribution >= 0.6 is 0 Å². The minimum absolute atomic E-state index is 0.0689. The molecule has 4 rings (SSSR count). The van der Waals surface area contributed by atoms with E-state index >= 15 is 0 Å². The Labute approximate surface area is 153 Å². The van der Waals surface area contributed by atoms with E-state index in [1.54, 1.807) is 7.11 Å². The minimum Gasteiger partial charge on any atom is -0.497 e. The summed E-state index contributed by atoms with van der Waals surface area (Å²) in [5, 5.41) is 14.3. The summed E-state index contributed by atoms with van der Waals surface area (Å²) in [6.07, 6.45) is 3.73. The first kappa shape index (κ1) is 17.1. The van der Waals surface area contributed by atoms with E-state index in [4.69, 9.17) is 4.74 Å². The van der Waals surface area contributed by atoms with Gasteiger partial charge in [0, 0.05) is 37.3 Å². The second kappa shape index (κ2) is 7.11. The van der Waals surface area contributed by atoms with Gasteiger partial charge in [-0.15, -0.1) is 0 Å². The number of carbonyl (C=O) groups excluding carboxylic acids is 1. The lowest BCUT2D eigenvalue weighted by Crippen LogP contribution is -2.37. The fourth-order valence-electron chi connectivity index (χ4n) is 3.63. The number of hydrogen-bond acceptors (Lipinski definition) is 4. The molecule has 6 nitrogen and oxygen atoms in total. The van der Waals surface area contributed by atoms with E-state index in [2.05, 4.69) is 9.78 Å². The maximum atomic E-state index is 12.7. The molecule has 138 valence electrons. The first-order valence-electron chi connectivity index (χ1n) is 9.27. The van der Waals surface area contributed by atoms with Crippen molar-refractivity contribution in [2.75, 3.05) is 13.7 Å². The highest BCUT2D eigenvalue weighted by molar-refractivity contribution is 5.79. The minimum atomic E-state index is -0.0689. The molecule has 0 spiro atoms. The first-order chi connectivity index (χ1) is 12.7. The summed E-state index contributed by atoms with van der Waals surface area (Å²) in [6.45, 7) is 2.14. The van der Waals surface area contributed by atoms with Gasteiger partial charge in [-0.2, -0.15) is 5.10 Å². The van der Waals surface area contributed by atoms with Crippen molar-refractivity contribution in [3.63, 3.8) is 0 Å². The number of carbonyl (C=O) groups is 1. The van der Waals surface area contributed by atoms with Gasteiger partial charge in [-0.1, -0.05) is 12.1 Å². The average molecular weight is 355 g/mol. The lowest BCUT2D eigenvalue weighted by atomic mass is 10.0. The van der Waals surface area contributed by atoms with Crippen LogP contribution in [-0.4, -0.2) is 39.3 Å². The van der Waals surface area contributed by atoms with Crippen molar-refractivity contribution < 1.29 is 14.6 Å². The Morgan fingerprint density at radius 1 is 1.31 bits per heavy atom. The van der Waals surface area contributed by atoms with Gasteiger partial charge >= 0.3 is 0 Å². The van der Waals surface area contributed by atoms with Crippen molar-refractivity contribution in [1.82, 2.24) is 14.7 Å². The average Bonchev–Trinajstić information content (AvgIpc) is 3.42. The maximum Gasteiger partial charge on any atom is 0.227 e. The number of aliphatic hydroxyl groups excluding tert-OH is 1. The number of amides is 1. The molecule has 0 bridgehead atoms. The molecule has 2 aliphatic rings. The van der Waals surface area contributed by atoms with Crippen molar-refractivity contribution in [3.8, 4) is 5.75 Å². The van der Waals surface area contributed by atoms with Crippen LogP contribution in [0.4, 0.5) is 0 Å². The first-order valence-corrected chi connectivity index (χ1v) is 9.27. The highest BCUT2D eigenvalue weighted by Crippen LogP contribution is 2.32. The van der Waals surface area contributed by atoms with Crippen LogP contribution in [0.25, 0.3) is 0 Å². The van der Waals surface area contributed by atoms with Crippen molar-refractivity contribution in [1.29, 1.82) is 0 Å². The van der Waals surface area contributed by atoms with Crippen LogP contribution in [0.15, 0.2) is 24.3 Å². The zero-order valence-electron chi connectivity index (χ0n) is 15.1. The van der Waals surface area contributed by atoms with E-state index in [1.807, 2.05) is 29.2 Å². The molecular formula is C20H25N3O3. The number of aliphatic hydroxyl groups is 1. The monoisotopic (exact) mass is 355 g/mol. The van der Waals surface area contributed by atoms with Gasteiger partial charge < -0.3 is 14.7 Å². The van der Waals surface area contributed by atoms with Crippen LogP contribution in [0, 0.1) is 5.92 Å². The Hall–Kier alpha value is -2.34. The number of nitrogens with zero attached hydrogens (tertiary/aromatic N) is 3. The number of aromatic nitrogens is 2. The summed E-state index contributed by atoms with van der Waals surface area (Å²) in [6, 6.07) is 7.61. The largest absolute Gasteiger partial charge is 0.497 e. The Morgan fingerprint density at radius 3 is 2.73 bits per heavy atom. The molecule has 1 amide bonds. The zero-order valence-corrected chi connectivity index (χ0v) is 15.1. The van der Waals surface area contributed by atoms with E-state index < -0.39 is 0 Å². The molecule has 1 fully saturated rings. The number of ether oxygens (including phenoxy) is 1. The number of benzene rings is 1. The predicted octanol–water partition coefficient (Wildman–Crippen LogP) is 1.92. The summed E-state index contributed by atoms with van der Waals surface area (Å²) >= 11 is 0. The summed E-state index contributed by atoms with van der Waals surface area (Å²) in [4.78, 5) is 14.6. The van der Waals surface area contributed by atoms with E-state index in [1.165, 1.54) is 18.5 Å². The molecule has 0 unspecified atom stereocenters. The smallest absolute Gasteiger partial charge is 0.227 e. The van der Waals surface area contributed by atoms with E-state index in [-0.39, 0.29) is 12.5 Å². The van der Waals surface area contributed by atoms with Crippen molar-refractivity contribution in [2.24, 2.45) is 5.92 Å². The highest BCUT2D eigenvalue weighted by Gasteiger charge is 2.30. The lowest BCUT2D eigenvalue weighted by Gasteiger charge is -2.28. The summed E-state index contributed by atoms with van der Waals surface area (Å²) < 4.78 is 7.23. The number of methoxy groups -OCH3 is 1. The van der Waals surface area contributed by atoms with Gasteiger partial charge in [-0.25, -0.2) is 0 Å². The van der Waals surface area contributed by atoms with Gasteiger partial charge in [-0.05, 0) is 36.5 Å². The molecule has 1 aliphatic carbocycles.